The van der Waals surface area contributed by atoms with E-state index < -0.39 is 0 Å². The van der Waals surface area contributed by atoms with Gasteiger partial charge in [0.25, 0.3) is 0 Å². The van der Waals surface area contributed by atoms with E-state index in [0.717, 1.165) is 18.0 Å². The summed E-state index contributed by atoms with van der Waals surface area (Å²) in [7, 11) is 0. The quantitative estimate of drug-likeness (QED) is 0.805. The van der Waals surface area contributed by atoms with Gasteiger partial charge < -0.3 is 10.4 Å². The molecule has 0 bridgehead atoms. The largest absolute Gasteiger partial charge is 0.391 e. The first-order chi connectivity index (χ1) is 9.15. The lowest BCUT2D eigenvalue weighted by molar-refractivity contribution is 0.155. The van der Waals surface area contributed by atoms with Crippen molar-refractivity contribution in [2.75, 3.05) is 11.9 Å². The number of hydrogen-bond acceptors (Lipinski definition) is 2. The van der Waals surface area contributed by atoms with E-state index >= 15 is 0 Å². The molecule has 0 aliphatic heterocycles. The zero-order valence-corrected chi connectivity index (χ0v) is 12.2. The Hall–Kier alpha value is -1.02. The average Bonchev–Trinajstić information content (AvgIpc) is 2.89. The molecule has 2 N–H and O–H groups in total. The first-order valence-electron chi connectivity index (χ1n) is 7.67. The summed E-state index contributed by atoms with van der Waals surface area (Å²) < 4.78 is 0. The van der Waals surface area contributed by atoms with Gasteiger partial charge in [-0.25, -0.2) is 0 Å². The first-order valence-corrected chi connectivity index (χ1v) is 7.67. The lowest BCUT2D eigenvalue weighted by atomic mass is 10.00. The molecule has 0 amide bonds. The molecule has 2 nitrogen and oxygen atoms in total. The van der Waals surface area contributed by atoms with Crippen molar-refractivity contribution in [3.05, 3.63) is 29.8 Å². The summed E-state index contributed by atoms with van der Waals surface area (Å²) in [4.78, 5) is 0. The van der Waals surface area contributed by atoms with Crippen LogP contribution in [0.15, 0.2) is 24.3 Å². The topological polar surface area (TPSA) is 32.3 Å². The number of nitrogens with one attached hydrogen (secondary N) is 1. The predicted molar refractivity (Wildman–Crippen MR) is 81.6 cm³/mol. The van der Waals surface area contributed by atoms with Crippen molar-refractivity contribution in [1.82, 2.24) is 0 Å². The van der Waals surface area contributed by atoms with E-state index in [1.54, 1.807) is 0 Å². The minimum atomic E-state index is -0.215. The van der Waals surface area contributed by atoms with Crippen molar-refractivity contribution in [3.8, 4) is 0 Å². The predicted octanol–water partition coefficient (Wildman–Crippen LogP) is 4.16. The van der Waals surface area contributed by atoms with Gasteiger partial charge in [0.2, 0.25) is 0 Å². The zero-order valence-electron chi connectivity index (χ0n) is 12.2. The van der Waals surface area contributed by atoms with Crippen LogP contribution in [0.5, 0.6) is 0 Å². The molecule has 1 aromatic carbocycles. The normalized spacial score (nSPS) is 17.9. The molecule has 1 aliphatic rings. The van der Waals surface area contributed by atoms with Crippen LogP contribution in [-0.2, 0) is 0 Å². The molecule has 1 saturated carbocycles. The third kappa shape index (κ3) is 4.54. The van der Waals surface area contributed by atoms with E-state index in [1.165, 1.54) is 31.2 Å². The van der Waals surface area contributed by atoms with E-state index in [1.807, 2.05) is 0 Å². The molecule has 1 aliphatic carbocycles. The molecule has 1 fully saturated rings. The van der Waals surface area contributed by atoms with Gasteiger partial charge in [-0.2, -0.15) is 0 Å². The third-order valence-electron chi connectivity index (χ3n) is 4.20. The molecule has 0 heterocycles. The standard InChI is InChI=1S/C17H27NO/c1-13(2)15-7-9-16(10-8-15)18-12-17(19)11-14-5-3-4-6-14/h7-10,13-14,17-19H,3-6,11-12H2,1-2H3. The fourth-order valence-corrected chi connectivity index (χ4v) is 2.94. The van der Waals surface area contributed by atoms with E-state index in [-0.39, 0.29) is 6.10 Å². The molecule has 1 aromatic rings. The van der Waals surface area contributed by atoms with Gasteiger partial charge in [-0.1, -0.05) is 51.7 Å². The highest BCUT2D eigenvalue weighted by atomic mass is 16.3. The monoisotopic (exact) mass is 261 g/mol. The van der Waals surface area contributed by atoms with E-state index in [4.69, 9.17) is 0 Å². The van der Waals surface area contributed by atoms with Crippen molar-refractivity contribution in [2.45, 2.75) is 58.0 Å². The number of aliphatic hydroxyl groups excluding tert-OH is 1. The lowest BCUT2D eigenvalue weighted by Crippen LogP contribution is -2.21. The van der Waals surface area contributed by atoms with Crippen molar-refractivity contribution in [1.29, 1.82) is 0 Å². The number of aliphatic hydroxyl groups is 1. The fourth-order valence-electron chi connectivity index (χ4n) is 2.94. The molecule has 0 saturated heterocycles. The highest BCUT2D eigenvalue weighted by molar-refractivity contribution is 5.45. The van der Waals surface area contributed by atoms with Gasteiger partial charge in [-0.05, 0) is 36.0 Å². The highest BCUT2D eigenvalue weighted by Crippen LogP contribution is 2.28. The van der Waals surface area contributed by atoms with Crippen LogP contribution >= 0.6 is 0 Å². The minimum Gasteiger partial charge on any atom is -0.391 e. The van der Waals surface area contributed by atoms with Crippen molar-refractivity contribution in [3.63, 3.8) is 0 Å². The summed E-state index contributed by atoms with van der Waals surface area (Å²) in [5, 5.41) is 13.4. The van der Waals surface area contributed by atoms with Crippen LogP contribution in [0, 0.1) is 5.92 Å². The maximum absolute atomic E-state index is 10.1. The number of anilines is 1. The Morgan fingerprint density at radius 1 is 1.16 bits per heavy atom. The van der Waals surface area contributed by atoms with Crippen molar-refractivity contribution in [2.24, 2.45) is 5.92 Å². The molecule has 1 atom stereocenters. The van der Waals surface area contributed by atoms with Crippen LogP contribution < -0.4 is 5.32 Å². The maximum Gasteiger partial charge on any atom is 0.0715 e. The molecule has 0 radical (unpaired) electrons. The second-order valence-corrected chi connectivity index (χ2v) is 6.20. The highest BCUT2D eigenvalue weighted by Gasteiger charge is 2.18. The molecule has 0 aromatic heterocycles. The van der Waals surface area contributed by atoms with E-state index in [2.05, 4.69) is 43.4 Å². The minimum absolute atomic E-state index is 0.215. The smallest absolute Gasteiger partial charge is 0.0715 e. The van der Waals surface area contributed by atoms with E-state index in [9.17, 15) is 5.11 Å². The maximum atomic E-state index is 10.1. The zero-order chi connectivity index (χ0) is 13.7. The molecule has 1 unspecified atom stereocenters. The molecular weight excluding hydrogens is 234 g/mol. The summed E-state index contributed by atoms with van der Waals surface area (Å²) in [6.07, 6.45) is 6.05. The Kier molecular flexibility index (Phi) is 5.26. The van der Waals surface area contributed by atoms with Gasteiger partial charge in [-0.15, -0.1) is 0 Å². The van der Waals surface area contributed by atoms with Crippen LogP contribution in [0.4, 0.5) is 5.69 Å². The van der Waals surface area contributed by atoms with Gasteiger partial charge >= 0.3 is 0 Å². The third-order valence-corrected chi connectivity index (χ3v) is 4.20. The van der Waals surface area contributed by atoms with Crippen molar-refractivity contribution >= 4 is 5.69 Å². The molecule has 19 heavy (non-hydrogen) atoms. The first kappa shape index (κ1) is 14.4. The Morgan fingerprint density at radius 3 is 2.37 bits per heavy atom. The van der Waals surface area contributed by atoms with Crippen LogP contribution in [0.2, 0.25) is 0 Å². The Labute approximate surface area is 117 Å². The van der Waals surface area contributed by atoms with Crippen molar-refractivity contribution < 1.29 is 5.11 Å². The molecule has 2 rings (SSSR count). The second kappa shape index (κ2) is 6.95. The average molecular weight is 261 g/mol. The van der Waals surface area contributed by atoms with Crippen LogP contribution in [0.3, 0.4) is 0 Å². The Morgan fingerprint density at radius 2 is 1.79 bits per heavy atom. The van der Waals surface area contributed by atoms with Gasteiger partial charge in [0.1, 0.15) is 0 Å². The number of rotatable bonds is 6. The Balaban J connectivity index is 1.74. The van der Waals surface area contributed by atoms with Gasteiger partial charge in [0.15, 0.2) is 0 Å². The Bertz CT molecular complexity index is 365. The summed E-state index contributed by atoms with van der Waals surface area (Å²) >= 11 is 0. The SMILES string of the molecule is CC(C)c1ccc(NCC(O)CC2CCCC2)cc1. The van der Waals surface area contributed by atoms with E-state index in [0.29, 0.717) is 12.5 Å². The number of benzene rings is 1. The number of hydrogen-bond donors (Lipinski definition) is 2. The molecule has 0 spiro atoms. The summed E-state index contributed by atoms with van der Waals surface area (Å²) in [6, 6.07) is 8.54. The van der Waals surface area contributed by atoms with Gasteiger partial charge in [-0.3, -0.25) is 0 Å². The molecular formula is C17H27NO. The molecule has 106 valence electrons. The van der Waals surface area contributed by atoms with Gasteiger partial charge in [0, 0.05) is 12.2 Å². The summed E-state index contributed by atoms with van der Waals surface area (Å²) in [5.74, 6) is 1.32. The fraction of sp³-hybridized carbons (Fsp3) is 0.647. The second-order valence-electron chi connectivity index (χ2n) is 6.20. The lowest BCUT2D eigenvalue weighted by Gasteiger charge is -2.17. The van der Waals surface area contributed by atoms with Crippen LogP contribution in [0.1, 0.15) is 57.4 Å². The molecule has 2 heteroatoms. The van der Waals surface area contributed by atoms with Crippen LogP contribution in [0.25, 0.3) is 0 Å². The summed E-state index contributed by atoms with van der Waals surface area (Å²) in [6.45, 7) is 5.07. The van der Waals surface area contributed by atoms with Gasteiger partial charge in [0.05, 0.1) is 6.10 Å². The summed E-state index contributed by atoms with van der Waals surface area (Å²) in [5.41, 5.74) is 2.46. The van der Waals surface area contributed by atoms with Crippen LogP contribution in [-0.4, -0.2) is 17.8 Å².